The molecule has 20 heavy (non-hydrogen) atoms. The minimum Gasteiger partial charge on any atom is -0.369 e. The van der Waals surface area contributed by atoms with Gasteiger partial charge in [-0.1, -0.05) is 11.6 Å². The van der Waals surface area contributed by atoms with E-state index in [1.54, 1.807) is 6.92 Å². The van der Waals surface area contributed by atoms with E-state index in [1.807, 2.05) is 0 Å². The SMILES string of the molecule is Cc1nc(Cl)c(C=O)c(NCC2CCN(C(C)C)C2)n1. The van der Waals surface area contributed by atoms with Crippen molar-refractivity contribution in [1.82, 2.24) is 14.9 Å². The molecule has 1 aliphatic heterocycles. The van der Waals surface area contributed by atoms with Gasteiger partial charge in [-0.15, -0.1) is 0 Å². The largest absolute Gasteiger partial charge is 0.369 e. The number of carbonyl (C=O) groups is 1. The van der Waals surface area contributed by atoms with Gasteiger partial charge < -0.3 is 10.2 Å². The van der Waals surface area contributed by atoms with Gasteiger partial charge in [0.25, 0.3) is 0 Å². The maximum Gasteiger partial charge on any atom is 0.156 e. The summed E-state index contributed by atoms with van der Waals surface area (Å²) in [7, 11) is 0. The van der Waals surface area contributed by atoms with Crippen molar-refractivity contribution < 1.29 is 4.79 Å². The molecule has 0 aromatic carbocycles. The molecular weight excluding hydrogens is 276 g/mol. The highest BCUT2D eigenvalue weighted by atomic mass is 35.5. The first-order valence-corrected chi connectivity index (χ1v) is 7.36. The van der Waals surface area contributed by atoms with Gasteiger partial charge in [0, 0.05) is 19.1 Å². The van der Waals surface area contributed by atoms with Gasteiger partial charge in [-0.05, 0) is 39.7 Å². The fraction of sp³-hybridized carbons (Fsp3) is 0.643. The summed E-state index contributed by atoms with van der Waals surface area (Å²) in [6.07, 6.45) is 1.87. The van der Waals surface area contributed by atoms with E-state index in [9.17, 15) is 4.79 Å². The molecule has 2 heterocycles. The van der Waals surface area contributed by atoms with E-state index in [1.165, 1.54) is 6.42 Å². The van der Waals surface area contributed by atoms with Crippen LogP contribution in [0.4, 0.5) is 5.82 Å². The Bertz CT molecular complexity index is 492. The molecule has 1 saturated heterocycles. The lowest BCUT2D eigenvalue weighted by Crippen LogP contribution is -2.29. The maximum absolute atomic E-state index is 11.1. The number of halogens is 1. The topological polar surface area (TPSA) is 58.1 Å². The molecule has 110 valence electrons. The number of nitrogens with zero attached hydrogens (tertiary/aromatic N) is 3. The summed E-state index contributed by atoms with van der Waals surface area (Å²) < 4.78 is 0. The molecule has 1 unspecified atom stereocenters. The lowest BCUT2D eigenvalue weighted by atomic mass is 10.1. The number of aromatic nitrogens is 2. The van der Waals surface area contributed by atoms with Crippen LogP contribution in [0.3, 0.4) is 0 Å². The minimum atomic E-state index is 0.213. The predicted molar refractivity (Wildman–Crippen MR) is 80.5 cm³/mol. The van der Waals surface area contributed by atoms with Crippen molar-refractivity contribution in [2.75, 3.05) is 25.0 Å². The van der Waals surface area contributed by atoms with Gasteiger partial charge in [0.1, 0.15) is 16.8 Å². The monoisotopic (exact) mass is 296 g/mol. The predicted octanol–water partition coefficient (Wildman–Crippen LogP) is 2.39. The number of nitrogens with one attached hydrogen (secondary N) is 1. The molecular formula is C14H21ClN4O. The number of hydrogen-bond donors (Lipinski definition) is 1. The molecule has 1 N–H and O–H groups in total. The van der Waals surface area contributed by atoms with Crippen LogP contribution in [-0.4, -0.2) is 46.8 Å². The van der Waals surface area contributed by atoms with Crippen LogP contribution < -0.4 is 5.32 Å². The zero-order valence-corrected chi connectivity index (χ0v) is 12.9. The Morgan fingerprint density at radius 2 is 2.25 bits per heavy atom. The van der Waals surface area contributed by atoms with Gasteiger partial charge >= 0.3 is 0 Å². The summed E-state index contributed by atoms with van der Waals surface area (Å²) in [5.41, 5.74) is 0.343. The van der Waals surface area contributed by atoms with Crippen molar-refractivity contribution in [1.29, 1.82) is 0 Å². The molecule has 0 amide bonds. The molecule has 1 aromatic heterocycles. The van der Waals surface area contributed by atoms with Crippen molar-refractivity contribution in [2.45, 2.75) is 33.2 Å². The highest BCUT2D eigenvalue weighted by Crippen LogP contribution is 2.22. The van der Waals surface area contributed by atoms with Crippen LogP contribution in [0.25, 0.3) is 0 Å². The average molecular weight is 297 g/mol. The molecule has 0 radical (unpaired) electrons. The molecule has 1 aromatic rings. The Morgan fingerprint density at radius 1 is 1.50 bits per heavy atom. The lowest BCUT2D eigenvalue weighted by Gasteiger charge is -2.20. The molecule has 1 fully saturated rings. The molecule has 1 atom stereocenters. The van der Waals surface area contributed by atoms with E-state index in [2.05, 4.69) is 34.0 Å². The van der Waals surface area contributed by atoms with Crippen LogP contribution in [0.15, 0.2) is 0 Å². The number of carbonyl (C=O) groups excluding carboxylic acids is 1. The summed E-state index contributed by atoms with van der Waals surface area (Å²) in [6.45, 7) is 9.22. The molecule has 2 rings (SSSR count). The minimum absolute atomic E-state index is 0.213. The molecule has 0 spiro atoms. The van der Waals surface area contributed by atoms with E-state index in [4.69, 9.17) is 11.6 Å². The van der Waals surface area contributed by atoms with Gasteiger partial charge in [-0.25, -0.2) is 9.97 Å². The molecule has 0 saturated carbocycles. The maximum atomic E-state index is 11.1. The third-order valence-corrected chi connectivity index (χ3v) is 4.02. The number of likely N-dealkylation sites (tertiary alicyclic amines) is 1. The lowest BCUT2D eigenvalue weighted by molar-refractivity contribution is 0.112. The van der Waals surface area contributed by atoms with E-state index in [0.29, 0.717) is 35.5 Å². The van der Waals surface area contributed by atoms with Crippen LogP contribution in [-0.2, 0) is 0 Å². The van der Waals surface area contributed by atoms with E-state index >= 15 is 0 Å². The van der Waals surface area contributed by atoms with Crippen LogP contribution >= 0.6 is 11.6 Å². The van der Waals surface area contributed by atoms with Crippen molar-refractivity contribution in [2.24, 2.45) is 5.92 Å². The molecule has 5 nitrogen and oxygen atoms in total. The molecule has 6 heteroatoms. The van der Waals surface area contributed by atoms with E-state index in [0.717, 1.165) is 19.6 Å². The Balaban J connectivity index is 2.00. The fourth-order valence-corrected chi connectivity index (χ4v) is 2.78. The number of hydrogen-bond acceptors (Lipinski definition) is 5. The third-order valence-electron chi connectivity index (χ3n) is 3.73. The highest BCUT2D eigenvalue weighted by molar-refractivity contribution is 6.32. The van der Waals surface area contributed by atoms with Crippen LogP contribution in [0.5, 0.6) is 0 Å². The second-order valence-corrected chi connectivity index (χ2v) is 5.92. The van der Waals surface area contributed by atoms with E-state index < -0.39 is 0 Å². The Hall–Kier alpha value is -1.20. The second-order valence-electron chi connectivity index (χ2n) is 5.57. The number of rotatable bonds is 5. The molecule has 0 bridgehead atoms. The molecule has 0 aliphatic carbocycles. The van der Waals surface area contributed by atoms with Crippen LogP contribution in [0, 0.1) is 12.8 Å². The Labute approximate surface area is 124 Å². The zero-order chi connectivity index (χ0) is 14.7. The third kappa shape index (κ3) is 3.46. The summed E-state index contributed by atoms with van der Waals surface area (Å²) in [4.78, 5) is 21.8. The van der Waals surface area contributed by atoms with Gasteiger partial charge in [-0.2, -0.15) is 0 Å². The summed E-state index contributed by atoms with van der Waals surface area (Å²) in [5.74, 6) is 1.68. The zero-order valence-electron chi connectivity index (χ0n) is 12.2. The standard InChI is InChI=1S/C14H21ClN4O/c1-9(2)19-5-4-11(7-19)6-16-14-12(8-20)13(15)17-10(3)18-14/h8-9,11H,4-7H2,1-3H3,(H,16,17,18). The number of anilines is 1. The fourth-order valence-electron chi connectivity index (χ4n) is 2.53. The smallest absolute Gasteiger partial charge is 0.156 e. The van der Waals surface area contributed by atoms with Crippen molar-refractivity contribution in [3.8, 4) is 0 Å². The van der Waals surface area contributed by atoms with Gasteiger partial charge in [0.15, 0.2) is 6.29 Å². The first kappa shape index (κ1) is 15.2. The van der Waals surface area contributed by atoms with E-state index in [-0.39, 0.29) is 5.15 Å². The van der Waals surface area contributed by atoms with Gasteiger partial charge in [0.2, 0.25) is 0 Å². The summed E-state index contributed by atoms with van der Waals surface area (Å²) in [5, 5.41) is 3.47. The quantitative estimate of drug-likeness (QED) is 0.668. The highest BCUT2D eigenvalue weighted by Gasteiger charge is 2.24. The van der Waals surface area contributed by atoms with Crippen molar-refractivity contribution in [3.05, 3.63) is 16.5 Å². The van der Waals surface area contributed by atoms with Crippen LogP contribution in [0.2, 0.25) is 5.15 Å². The van der Waals surface area contributed by atoms with Crippen molar-refractivity contribution in [3.63, 3.8) is 0 Å². The summed E-state index contributed by atoms with van der Waals surface area (Å²) in [6, 6.07) is 0.585. The van der Waals surface area contributed by atoms with Crippen molar-refractivity contribution >= 4 is 23.7 Å². The Morgan fingerprint density at radius 3 is 2.85 bits per heavy atom. The molecule has 1 aliphatic rings. The average Bonchev–Trinajstić information content (AvgIpc) is 2.84. The number of aryl methyl sites for hydroxylation is 1. The first-order chi connectivity index (χ1) is 9.51. The normalized spacial score (nSPS) is 19.6. The number of aldehydes is 1. The summed E-state index contributed by atoms with van der Waals surface area (Å²) >= 11 is 5.96. The van der Waals surface area contributed by atoms with Gasteiger partial charge in [0.05, 0.1) is 5.56 Å². The Kier molecular flexibility index (Phi) is 4.94. The van der Waals surface area contributed by atoms with Gasteiger partial charge in [-0.3, -0.25) is 4.79 Å². The second kappa shape index (κ2) is 6.50. The van der Waals surface area contributed by atoms with Crippen LogP contribution in [0.1, 0.15) is 36.5 Å². The first-order valence-electron chi connectivity index (χ1n) is 6.98.